The maximum Gasteiger partial charge on any atom is 0.328 e. The molecule has 2 fully saturated rings. The number of rotatable bonds is 2. The van der Waals surface area contributed by atoms with Gasteiger partial charge in [-0.1, -0.05) is 0 Å². The summed E-state index contributed by atoms with van der Waals surface area (Å²) in [6, 6.07) is 2.53. The van der Waals surface area contributed by atoms with E-state index in [1.54, 1.807) is 23.7 Å². The molecule has 6 rings (SSSR count). The van der Waals surface area contributed by atoms with Crippen LogP contribution in [0.1, 0.15) is 37.3 Å². The SMILES string of the molecule is CNc1cc2nc3c1ncn3C(=O)N[C@@H]1C[C@@H](F)C[C@H]1OCc1cc(c(=O)n(C3CCOCC3)c1)N2. The number of hydrogen-bond donors (Lipinski definition) is 3. The van der Waals surface area contributed by atoms with Gasteiger partial charge in [0.15, 0.2) is 5.65 Å². The topological polar surface area (TPSA) is 124 Å². The normalized spacial score (nSPS) is 24.7. The summed E-state index contributed by atoms with van der Waals surface area (Å²) >= 11 is 0. The van der Waals surface area contributed by atoms with E-state index in [1.807, 2.05) is 6.20 Å². The fourth-order valence-corrected chi connectivity index (χ4v) is 5.30. The van der Waals surface area contributed by atoms with Crippen molar-refractivity contribution in [1.82, 2.24) is 24.4 Å². The van der Waals surface area contributed by atoms with Crippen LogP contribution in [0, 0.1) is 0 Å². The number of carbonyl (C=O) groups is 1. The third kappa shape index (κ3) is 4.09. The third-order valence-electron chi connectivity index (χ3n) is 7.16. The van der Waals surface area contributed by atoms with Gasteiger partial charge in [-0.05, 0) is 24.5 Å². The summed E-state index contributed by atoms with van der Waals surface area (Å²) in [6.45, 7) is 1.36. The molecule has 3 aliphatic rings. The highest BCUT2D eigenvalue weighted by atomic mass is 19.1. The van der Waals surface area contributed by atoms with Gasteiger partial charge in [0.05, 0.1) is 24.4 Å². The van der Waals surface area contributed by atoms with E-state index in [0.717, 1.165) is 18.4 Å². The second-order valence-corrected chi connectivity index (χ2v) is 9.51. The van der Waals surface area contributed by atoms with E-state index in [9.17, 15) is 14.0 Å². The fraction of sp³-hybridized carbons (Fsp3) is 0.500. The van der Waals surface area contributed by atoms with Gasteiger partial charge < -0.3 is 30.0 Å². The Bertz CT molecular complexity index is 1370. The van der Waals surface area contributed by atoms with Gasteiger partial charge in [0, 0.05) is 51.4 Å². The number of nitrogens with one attached hydrogen (secondary N) is 3. The van der Waals surface area contributed by atoms with Crippen LogP contribution in [0.3, 0.4) is 0 Å². The molecule has 3 aromatic rings. The summed E-state index contributed by atoms with van der Waals surface area (Å²) in [6.07, 6.45) is 3.44. The molecule has 2 aliphatic heterocycles. The maximum atomic E-state index is 14.4. The van der Waals surface area contributed by atoms with Crippen molar-refractivity contribution in [2.75, 3.05) is 30.9 Å². The van der Waals surface area contributed by atoms with Crippen LogP contribution in [0.4, 0.5) is 26.4 Å². The molecule has 11 nitrogen and oxygen atoms in total. The van der Waals surface area contributed by atoms with Gasteiger partial charge in [-0.15, -0.1) is 0 Å². The Balaban J connectivity index is 1.50. The zero-order valence-electron chi connectivity index (χ0n) is 19.9. The van der Waals surface area contributed by atoms with Crippen LogP contribution in [0.15, 0.2) is 29.5 Å². The van der Waals surface area contributed by atoms with Crippen molar-refractivity contribution in [3.63, 3.8) is 0 Å². The number of anilines is 3. The molecule has 3 atom stereocenters. The molecule has 0 spiro atoms. The second kappa shape index (κ2) is 9.17. The molecule has 1 saturated carbocycles. The Kier molecular flexibility index (Phi) is 5.84. The lowest BCUT2D eigenvalue weighted by atomic mass is 10.1. The lowest BCUT2D eigenvalue weighted by molar-refractivity contribution is 0.0267. The van der Waals surface area contributed by atoms with Crippen molar-refractivity contribution < 1.29 is 18.7 Å². The highest BCUT2D eigenvalue weighted by molar-refractivity contribution is 5.94. The van der Waals surface area contributed by atoms with E-state index in [4.69, 9.17) is 9.47 Å². The van der Waals surface area contributed by atoms with Crippen molar-refractivity contribution in [3.05, 3.63) is 40.6 Å². The lowest BCUT2D eigenvalue weighted by Gasteiger charge is -2.26. The van der Waals surface area contributed by atoms with Crippen LogP contribution in [0.5, 0.6) is 0 Å². The molecule has 1 saturated heterocycles. The highest BCUT2D eigenvalue weighted by Gasteiger charge is 2.37. The number of amides is 1. The largest absolute Gasteiger partial charge is 0.386 e. The minimum atomic E-state index is -1.08. The number of halogens is 1. The molecule has 190 valence electrons. The monoisotopic (exact) mass is 497 g/mol. The van der Waals surface area contributed by atoms with Crippen molar-refractivity contribution in [3.8, 4) is 0 Å². The van der Waals surface area contributed by atoms with Crippen LogP contribution < -0.4 is 21.5 Å². The molecule has 36 heavy (non-hydrogen) atoms. The first-order chi connectivity index (χ1) is 17.5. The lowest BCUT2D eigenvalue weighted by Crippen LogP contribution is -2.43. The average Bonchev–Trinajstić information content (AvgIpc) is 3.46. The zero-order valence-corrected chi connectivity index (χ0v) is 19.9. The summed E-state index contributed by atoms with van der Waals surface area (Å²) in [7, 11) is 1.75. The highest BCUT2D eigenvalue weighted by Crippen LogP contribution is 2.30. The summed E-state index contributed by atoms with van der Waals surface area (Å²) in [5, 5.41) is 9.14. The van der Waals surface area contributed by atoms with Gasteiger partial charge in [-0.25, -0.2) is 23.7 Å². The number of fused-ring (bicyclic) bond motifs is 4. The Hall–Kier alpha value is -3.51. The molecular formula is C24H28FN7O4. The number of carbonyl (C=O) groups excluding carboxylic acids is 1. The number of imidazole rings is 1. The number of ether oxygens (including phenoxy) is 2. The van der Waals surface area contributed by atoms with Gasteiger partial charge in [0.1, 0.15) is 29.5 Å². The fourth-order valence-electron chi connectivity index (χ4n) is 5.30. The zero-order chi connectivity index (χ0) is 24.8. The molecule has 5 heterocycles. The summed E-state index contributed by atoms with van der Waals surface area (Å²) < 4.78 is 29.0. The first-order valence-electron chi connectivity index (χ1n) is 12.2. The Morgan fingerprint density at radius 1 is 1.19 bits per heavy atom. The van der Waals surface area contributed by atoms with E-state index in [2.05, 4.69) is 25.9 Å². The average molecular weight is 498 g/mol. The smallest absolute Gasteiger partial charge is 0.328 e. The van der Waals surface area contributed by atoms with Crippen LogP contribution in [-0.4, -0.2) is 63.7 Å². The molecular weight excluding hydrogens is 469 g/mol. The molecule has 0 aromatic carbocycles. The van der Waals surface area contributed by atoms with Gasteiger partial charge in [-0.3, -0.25) is 4.79 Å². The molecule has 0 unspecified atom stereocenters. The number of alkyl halides is 1. The standard InChI is InChI=1S/C24H28FN7O4/c1-26-17-9-20-28-18-6-13(10-31(23(18)33)15-2-4-35-5-3-15)11-36-19-8-14(25)7-16(19)29-24(34)32-12-27-21(17)22(32)30-20/h6,9-10,12,14-16,19H,2-5,7-8,11H2,1H3,(H,29,34)(H2,26,28,30)/t14-,16-,19-/m1/s1. The van der Waals surface area contributed by atoms with Gasteiger partial charge in [-0.2, -0.15) is 0 Å². The van der Waals surface area contributed by atoms with Crippen molar-refractivity contribution in [2.45, 2.75) is 56.6 Å². The summed E-state index contributed by atoms with van der Waals surface area (Å²) in [5.74, 6) is 0.384. The minimum Gasteiger partial charge on any atom is -0.386 e. The number of nitrogens with zero attached hydrogens (tertiary/aromatic N) is 4. The minimum absolute atomic E-state index is 0.00381. The van der Waals surface area contributed by atoms with Crippen LogP contribution >= 0.6 is 0 Å². The second-order valence-electron chi connectivity index (χ2n) is 9.51. The van der Waals surface area contributed by atoms with Crippen molar-refractivity contribution in [2.24, 2.45) is 0 Å². The van der Waals surface area contributed by atoms with Crippen LogP contribution in [0.25, 0.3) is 11.2 Å². The Morgan fingerprint density at radius 3 is 2.83 bits per heavy atom. The first-order valence-corrected chi connectivity index (χ1v) is 12.2. The molecule has 3 N–H and O–H groups in total. The Labute approximate surface area is 206 Å². The maximum absolute atomic E-state index is 14.4. The van der Waals surface area contributed by atoms with E-state index in [0.29, 0.717) is 41.6 Å². The molecule has 1 aliphatic carbocycles. The van der Waals surface area contributed by atoms with E-state index >= 15 is 0 Å². The summed E-state index contributed by atoms with van der Waals surface area (Å²) in [5.41, 5.74) is 2.39. The molecule has 1 amide bonds. The molecule has 3 aromatic heterocycles. The van der Waals surface area contributed by atoms with E-state index in [-0.39, 0.29) is 31.0 Å². The third-order valence-corrected chi connectivity index (χ3v) is 7.16. The van der Waals surface area contributed by atoms with Crippen LogP contribution in [-0.2, 0) is 16.1 Å². The van der Waals surface area contributed by atoms with Crippen LogP contribution in [0.2, 0.25) is 0 Å². The van der Waals surface area contributed by atoms with Gasteiger partial charge in [0.25, 0.3) is 5.56 Å². The van der Waals surface area contributed by atoms with Gasteiger partial charge in [0.2, 0.25) is 0 Å². The number of pyridine rings is 2. The predicted molar refractivity (Wildman–Crippen MR) is 131 cm³/mol. The predicted octanol–water partition coefficient (Wildman–Crippen LogP) is 2.69. The Morgan fingerprint density at radius 2 is 2.03 bits per heavy atom. The quantitative estimate of drug-likeness (QED) is 0.494. The molecule has 12 heteroatoms. The molecule has 4 bridgehead atoms. The van der Waals surface area contributed by atoms with E-state index < -0.39 is 24.3 Å². The number of aromatic nitrogens is 4. The number of hydrogen-bond acceptors (Lipinski definition) is 8. The van der Waals surface area contributed by atoms with Crippen molar-refractivity contribution in [1.29, 1.82) is 0 Å². The van der Waals surface area contributed by atoms with Gasteiger partial charge >= 0.3 is 6.03 Å². The molecule has 0 radical (unpaired) electrons. The summed E-state index contributed by atoms with van der Waals surface area (Å²) in [4.78, 5) is 35.6. The van der Waals surface area contributed by atoms with E-state index in [1.165, 1.54) is 10.9 Å². The van der Waals surface area contributed by atoms with Crippen molar-refractivity contribution >= 4 is 34.4 Å². The first kappa shape index (κ1) is 22.9.